The minimum Gasteiger partial charge on any atom is -0.472 e. The van der Waals surface area contributed by atoms with E-state index in [-0.39, 0.29) is 11.9 Å². The van der Waals surface area contributed by atoms with E-state index in [0.29, 0.717) is 5.56 Å². The van der Waals surface area contributed by atoms with E-state index in [0.717, 1.165) is 12.8 Å². The molecular weight excluding hydrogens is 168 g/mol. The van der Waals surface area contributed by atoms with E-state index in [1.165, 1.54) is 12.5 Å². The smallest absolute Gasteiger partial charge is 0.194 e. The number of carbonyl (C=O) groups excluding carboxylic acids is 1. The Morgan fingerprint density at radius 1 is 1.69 bits per heavy atom. The summed E-state index contributed by atoms with van der Waals surface area (Å²) >= 11 is 0. The Hall–Kier alpha value is -1.09. The molecule has 0 amide bonds. The second-order valence-electron chi connectivity index (χ2n) is 2.89. The average molecular weight is 182 g/mol. The molecule has 0 aliphatic carbocycles. The van der Waals surface area contributed by atoms with Crippen LogP contribution in [0.15, 0.2) is 23.0 Å². The minimum absolute atomic E-state index is 0.00176. The maximum atomic E-state index is 11.6. The molecule has 1 rings (SSSR count). The van der Waals surface area contributed by atoms with Gasteiger partial charge in [-0.3, -0.25) is 4.79 Å². The molecule has 0 aliphatic rings. The Morgan fingerprint density at radius 2 is 2.46 bits per heavy atom. The maximum Gasteiger partial charge on any atom is 0.194 e. The second-order valence-corrected chi connectivity index (χ2v) is 2.89. The van der Waals surface area contributed by atoms with Gasteiger partial charge in [0.2, 0.25) is 0 Å². The molecule has 0 saturated carbocycles. The Kier molecular flexibility index (Phi) is 3.71. The molecule has 0 fully saturated rings. The molecule has 13 heavy (non-hydrogen) atoms. The molecule has 1 aromatic heterocycles. The molecule has 0 aromatic carbocycles. The van der Waals surface area contributed by atoms with Gasteiger partial charge in [-0.15, -0.1) is 0 Å². The molecule has 1 aromatic rings. The van der Waals surface area contributed by atoms with Crippen molar-refractivity contribution in [3.8, 4) is 0 Å². The standard InChI is InChI=1S/C10H14O3/c1-3-4-9(12-2)10(11)8-5-6-13-7-8/h5-7,9H,3-4H2,1-2H3. The summed E-state index contributed by atoms with van der Waals surface area (Å²) in [6, 6.07) is 1.66. The van der Waals surface area contributed by atoms with Crippen molar-refractivity contribution in [2.24, 2.45) is 0 Å². The van der Waals surface area contributed by atoms with Gasteiger partial charge < -0.3 is 9.15 Å². The molecule has 0 radical (unpaired) electrons. The van der Waals surface area contributed by atoms with Gasteiger partial charge in [0, 0.05) is 7.11 Å². The van der Waals surface area contributed by atoms with Gasteiger partial charge in [-0.1, -0.05) is 13.3 Å². The monoisotopic (exact) mass is 182 g/mol. The van der Waals surface area contributed by atoms with Gasteiger partial charge in [0.05, 0.1) is 11.8 Å². The van der Waals surface area contributed by atoms with Crippen molar-refractivity contribution in [2.45, 2.75) is 25.9 Å². The van der Waals surface area contributed by atoms with Crippen LogP contribution in [0.5, 0.6) is 0 Å². The van der Waals surface area contributed by atoms with Gasteiger partial charge in [-0.2, -0.15) is 0 Å². The first-order valence-electron chi connectivity index (χ1n) is 4.38. The molecule has 0 saturated heterocycles. The molecule has 3 heteroatoms. The van der Waals surface area contributed by atoms with E-state index in [4.69, 9.17) is 9.15 Å². The molecule has 3 nitrogen and oxygen atoms in total. The summed E-state index contributed by atoms with van der Waals surface area (Å²) in [4.78, 5) is 11.6. The van der Waals surface area contributed by atoms with Gasteiger partial charge in [-0.05, 0) is 12.5 Å². The summed E-state index contributed by atoms with van der Waals surface area (Å²) in [6.45, 7) is 2.02. The Morgan fingerprint density at radius 3 is 2.92 bits per heavy atom. The number of ether oxygens (including phenoxy) is 1. The first-order chi connectivity index (χ1) is 6.29. The average Bonchev–Trinajstić information content (AvgIpc) is 2.65. The summed E-state index contributed by atoms with van der Waals surface area (Å²) in [5.74, 6) is -0.00176. The number of methoxy groups -OCH3 is 1. The van der Waals surface area contributed by atoms with Crippen molar-refractivity contribution < 1.29 is 13.9 Å². The van der Waals surface area contributed by atoms with Crippen molar-refractivity contribution in [3.63, 3.8) is 0 Å². The number of furan rings is 1. The van der Waals surface area contributed by atoms with E-state index < -0.39 is 0 Å². The highest BCUT2D eigenvalue weighted by Gasteiger charge is 2.18. The molecule has 0 N–H and O–H groups in total. The number of ketones is 1. The molecule has 1 unspecified atom stereocenters. The zero-order chi connectivity index (χ0) is 9.68. The van der Waals surface area contributed by atoms with E-state index in [1.807, 2.05) is 6.92 Å². The van der Waals surface area contributed by atoms with Gasteiger partial charge in [0.25, 0.3) is 0 Å². The maximum absolute atomic E-state index is 11.6. The van der Waals surface area contributed by atoms with E-state index >= 15 is 0 Å². The summed E-state index contributed by atoms with van der Waals surface area (Å²) in [5.41, 5.74) is 0.584. The van der Waals surface area contributed by atoms with Gasteiger partial charge in [0.1, 0.15) is 12.4 Å². The number of rotatable bonds is 5. The van der Waals surface area contributed by atoms with Crippen molar-refractivity contribution in [1.82, 2.24) is 0 Å². The highest BCUT2D eigenvalue weighted by molar-refractivity contribution is 5.99. The van der Waals surface area contributed by atoms with Crippen LogP contribution in [0.25, 0.3) is 0 Å². The highest BCUT2D eigenvalue weighted by atomic mass is 16.5. The van der Waals surface area contributed by atoms with Crippen molar-refractivity contribution in [1.29, 1.82) is 0 Å². The van der Waals surface area contributed by atoms with Crippen LogP contribution in [0.1, 0.15) is 30.1 Å². The molecule has 0 spiro atoms. The normalized spacial score (nSPS) is 12.8. The first kappa shape index (κ1) is 9.99. The van der Waals surface area contributed by atoms with Crippen molar-refractivity contribution >= 4 is 5.78 Å². The lowest BCUT2D eigenvalue weighted by atomic mass is 10.1. The predicted octanol–water partition coefficient (Wildman–Crippen LogP) is 2.28. The fraction of sp³-hybridized carbons (Fsp3) is 0.500. The van der Waals surface area contributed by atoms with Gasteiger partial charge in [0.15, 0.2) is 5.78 Å². The van der Waals surface area contributed by atoms with Gasteiger partial charge >= 0.3 is 0 Å². The number of Topliss-reactive ketones (excluding diaryl/α,β-unsaturated/α-hetero) is 1. The number of carbonyl (C=O) groups is 1. The van der Waals surface area contributed by atoms with Crippen LogP contribution in [-0.4, -0.2) is 19.0 Å². The Balaban J connectivity index is 2.65. The van der Waals surface area contributed by atoms with Crippen LogP contribution in [-0.2, 0) is 4.74 Å². The molecule has 1 heterocycles. The van der Waals surface area contributed by atoms with Crippen LogP contribution >= 0.6 is 0 Å². The number of hydrogen-bond acceptors (Lipinski definition) is 3. The summed E-state index contributed by atoms with van der Waals surface area (Å²) < 4.78 is 9.92. The number of hydrogen-bond donors (Lipinski definition) is 0. The van der Waals surface area contributed by atoms with Crippen LogP contribution in [0.2, 0.25) is 0 Å². The van der Waals surface area contributed by atoms with E-state index in [9.17, 15) is 4.79 Å². The molecule has 0 bridgehead atoms. The third-order valence-electron chi connectivity index (χ3n) is 1.93. The van der Waals surface area contributed by atoms with Crippen molar-refractivity contribution in [3.05, 3.63) is 24.2 Å². The Bertz CT molecular complexity index is 251. The third-order valence-corrected chi connectivity index (χ3v) is 1.93. The molecular formula is C10H14O3. The zero-order valence-corrected chi connectivity index (χ0v) is 7.95. The predicted molar refractivity (Wildman–Crippen MR) is 48.7 cm³/mol. The van der Waals surface area contributed by atoms with Crippen LogP contribution in [0.3, 0.4) is 0 Å². The van der Waals surface area contributed by atoms with E-state index in [2.05, 4.69) is 0 Å². The summed E-state index contributed by atoms with van der Waals surface area (Å²) in [7, 11) is 1.55. The van der Waals surface area contributed by atoms with Crippen LogP contribution in [0.4, 0.5) is 0 Å². The van der Waals surface area contributed by atoms with Crippen molar-refractivity contribution in [2.75, 3.05) is 7.11 Å². The van der Waals surface area contributed by atoms with E-state index in [1.54, 1.807) is 13.2 Å². The molecule has 0 aliphatic heterocycles. The topological polar surface area (TPSA) is 39.4 Å². The lowest BCUT2D eigenvalue weighted by molar-refractivity contribution is 0.0578. The Labute approximate surface area is 77.7 Å². The largest absolute Gasteiger partial charge is 0.472 e. The SMILES string of the molecule is CCCC(OC)C(=O)c1ccoc1. The fourth-order valence-electron chi connectivity index (χ4n) is 1.21. The highest BCUT2D eigenvalue weighted by Crippen LogP contribution is 2.10. The molecule has 72 valence electrons. The quantitative estimate of drug-likeness (QED) is 0.656. The summed E-state index contributed by atoms with van der Waals surface area (Å²) in [5, 5.41) is 0. The fourth-order valence-corrected chi connectivity index (χ4v) is 1.21. The lowest BCUT2D eigenvalue weighted by Crippen LogP contribution is -2.22. The minimum atomic E-state index is -0.331. The summed E-state index contributed by atoms with van der Waals surface area (Å²) in [6.07, 6.45) is 4.29. The van der Waals surface area contributed by atoms with Crippen LogP contribution < -0.4 is 0 Å². The van der Waals surface area contributed by atoms with Crippen LogP contribution in [0, 0.1) is 0 Å². The second kappa shape index (κ2) is 4.82. The molecule has 1 atom stereocenters. The zero-order valence-electron chi connectivity index (χ0n) is 7.95. The third kappa shape index (κ3) is 2.42. The van der Waals surface area contributed by atoms with Gasteiger partial charge in [-0.25, -0.2) is 0 Å². The first-order valence-corrected chi connectivity index (χ1v) is 4.38. The lowest BCUT2D eigenvalue weighted by Gasteiger charge is -2.11.